The molecule has 2 aliphatic carbocycles. The predicted molar refractivity (Wildman–Crippen MR) is 58.4 cm³/mol. The highest BCUT2D eigenvalue weighted by Crippen LogP contribution is 2.40. The first kappa shape index (κ1) is 9.52. The molecule has 82 valence electrons. The Morgan fingerprint density at radius 2 is 2.00 bits per heavy atom. The topological polar surface area (TPSA) is 27.1 Å². The molecule has 0 saturated heterocycles. The van der Waals surface area contributed by atoms with E-state index in [-0.39, 0.29) is 0 Å². The maximum absolute atomic E-state index is 6.21. The second-order valence-corrected chi connectivity index (χ2v) is 4.86. The molecule has 0 amide bonds. The fourth-order valence-electron chi connectivity index (χ4n) is 2.17. The Labute approximate surface area is 94.4 Å². The van der Waals surface area contributed by atoms with Gasteiger partial charge in [0.15, 0.2) is 10.9 Å². The van der Waals surface area contributed by atoms with Crippen molar-refractivity contribution in [2.24, 2.45) is 0 Å². The lowest BCUT2D eigenvalue weighted by atomic mass is 10.3. The zero-order valence-electron chi connectivity index (χ0n) is 8.66. The van der Waals surface area contributed by atoms with Crippen LogP contribution in [0.1, 0.15) is 44.6 Å². The van der Waals surface area contributed by atoms with E-state index < -0.39 is 0 Å². The Morgan fingerprint density at radius 1 is 1.27 bits per heavy atom. The van der Waals surface area contributed by atoms with Gasteiger partial charge in [-0.2, -0.15) is 5.10 Å². The molecule has 15 heavy (non-hydrogen) atoms. The van der Waals surface area contributed by atoms with E-state index in [2.05, 4.69) is 5.10 Å². The van der Waals surface area contributed by atoms with Crippen molar-refractivity contribution in [3.05, 3.63) is 11.3 Å². The molecule has 1 aromatic heterocycles. The fraction of sp³-hybridized carbons (Fsp3) is 0.727. The zero-order chi connectivity index (χ0) is 10.3. The van der Waals surface area contributed by atoms with Crippen molar-refractivity contribution in [2.45, 2.75) is 50.7 Å². The molecule has 1 aromatic rings. The van der Waals surface area contributed by atoms with Gasteiger partial charge in [-0.05, 0) is 38.5 Å². The number of hydrogen-bond donors (Lipinski definition) is 0. The summed E-state index contributed by atoms with van der Waals surface area (Å²) in [5, 5.41) is 4.96. The Morgan fingerprint density at radius 3 is 2.67 bits per heavy atom. The molecule has 2 fully saturated rings. The molecule has 0 unspecified atom stereocenters. The number of halogens is 1. The van der Waals surface area contributed by atoms with Crippen molar-refractivity contribution < 1.29 is 4.74 Å². The average Bonchev–Trinajstić information content (AvgIpc) is 2.83. The lowest BCUT2D eigenvalue weighted by Crippen LogP contribution is -2.10. The molecule has 0 atom stereocenters. The van der Waals surface area contributed by atoms with Gasteiger partial charge >= 0.3 is 0 Å². The molecule has 1 heterocycles. The molecule has 0 radical (unpaired) electrons. The van der Waals surface area contributed by atoms with E-state index in [1.54, 1.807) is 6.20 Å². The normalized spacial score (nSPS) is 22.2. The number of rotatable bonds is 3. The van der Waals surface area contributed by atoms with Crippen LogP contribution in [0.3, 0.4) is 0 Å². The summed E-state index contributed by atoms with van der Waals surface area (Å²) < 4.78 is 7.74. The SMILES string of the molecule is Clc1c(OC2CCCC2)cnn1C1CC1. The Balaban J connectivity index is 1.73. The van der Waals surface area contributed by atoms with E-state index in [0.717, 1.165) is 18.6 Å². The molecule has 0 bridgehead atoms. The molecular formula is C11H15ClN2O. The average molecular weight is 227 g/mol. The summed E-state index contributed by atoms with van der Waals surface area (Å²) in [5.74, 6) is 0.774. The van der Waals surface area contributed by atoms with Crippen molar-refractivity contribution in [2.75, 3.05) is 0 Å². The van der Waals surface area contributed by atoms with Gasteiger partial charge in [-0.1, -0.05) is 11.6 Å². The lowest BCUT2D eigenvalue weighted by Gasteiger charge is -2.11. The van der Waals surface area contributed by atoms with Crippen molar-refractivity contribution in [1.29, 1.82) is 0 Å². The van der Waals surface area contributed by atoms with Crippen LogP contribution in [-0.2, 0) is 0 Å². The first-order chi connectivity index (χ1) is 7.34. The van der Waals surface area contributed by atoms with E-state index >= 15 is 0 Å². The summed E-state index contributed by atoms with van der Waals surface area (Å²) in [6.07, 6.45) is 9.39. The van der Waals surface area contributed by atoms with Crippen LogP contribution in [0.4, 0.5) is 0 Å². The molecule has 2 aliphatic rings. The van der Waals surface area contributed by atoms with Crippen molar-refractivity contribution in [3.63, 3.8) is 0 Å². The highest BCUT2D eigenvalue weighted by atomic mass is 35.5. The molecule has 3 rings (SSSR count). The van der Waals surface area contributed by atoms with Crippen molar-refractivity contribution >= 4 is 11.6 Å². The van der Waals surface area contributed by atoms with E-state index in [0.29, 0.717) is 17.3 Å². The summed E-state index contributed by atoms with van der Waals surface area (Å²) in [6.45, 7) is 0. The monoisotopic (exact) mass is 226 g/mol. The molecule has 2 saturated carbocycles. The quantitative estimate of drug-likeness (QED) is 0.792. The zero-order valence-corrected chi connectivity index (χ0v) is 9.41. The number of hydrogen-bond acceptors (Lipinski definition) is 2. The van der Waals surface area contributed by atoms with Gasteiger partial charge in [0.1, 0.15) is 0 Å². The number of ether oxygens (including phenoxy) is 1. The molecule has 4 heteroatoms. The van der Waals surface area contributed by atoms with Crippen LogP contribution in [0.25, 0.3) is 0 Å². The van der Waals surface area contributed by atoms with E-state index in [1.807, 2.05) is 4.68 Å². The van der Waals surface area contributed by atoms with Crippen LogP contribution >= 0.6 is 11.6 Å². The van der Waals surface area contributed by atoms with Crippen LogP contribution in [-0.4, -0.2) is 15.9 Å². The van der Waals surface area contributed by atoms with Gasteiger partial charge in [0, 0.05) is 0 Å². The Kier molecular flexibility index (Phi) is 2.35. The van der Waals surface area contributed by atoms with Crippen molar-refractivity contribution in [1.82, 2.24) is 9.78 Å². The maximum atomic E-state index is 6.21. The number of aromatic nitrogens is 2. The highest BCUT2D eigenvalue weighted by Gasteiger charge is 2.28. The van der Waals surface area contributed by atoms with E-state index in [4.69, 9.17) is 16.3 Å². The molecular weight excluding hydrogens is 212 g/mol. The largest absolute Gasteiger partial charge is 0.486 e. The minimum absolute atomic E-state index is 0.361. The lowest BCUT2D eigenvalue weighted by molar-refractivity contribution is 0.210. The van der Waals surface area contributed by atoms with Gasteiger partial charge in [0.05, 0.1) is 18.3 Å². The second kappa shape index (κ2) is 3.71. The maximum Gasteiger partial charge on any atom is 0.176 e. The summed E-state index contributed by atoms with van der Waals surface area (Å²) in [7, 11) is 0. The molecule has 3 nitrogen and oxygen atoms in total. The van der Waals surface area contributed by atoms with Gasteiger partial charge < -0.3 is 4.74 Å². The summed E-state index contributed by atoms with van der Waals surface area (Å²) in [5.41, 5.74) is 0. The molecule has 0 spiro atoms. The molecule has 0 aromatic carbocycles. The fourth-order valence-corrected chi connectivity index (χ4v) is 2.44. The highest BCUT2D eigenvalue weighted by molar-refractivity contribution is 6.31. The van der Waals surface area contributed by atoms with Gasteiger partial charge in [-0.3, -0.25) is 0 Å². The predicted octanol–water partition coefficient (Wildman–Crippen LogP) is 3.19. The summed E-state index contributed by atoms with van der Waals surface area (Å²) in [4.78, 5) is 0. The molecule has 0 aliphatic heterocycles. The minimum Gasteiger partial charge on any atom is -0.486 e. The molecule has 0 N–H and O–H groups in total. The second-order valence-electron chi connectivity index (χ2n) is 4.50. The van der Waals surface area contributed by atoms with Crippen molar-refractivity contribution in [3.8, 4) is 5.75 Å². The summed E-state index contributed by atoms with van der Waals surface area (Å²) >= 11 is 6.21. The van der Waals surface area contributed by atoms with Gasteiger partial charge in [0.25, 0.3) is 0 Å². The van der Waals surface area contributed by atoms with Crippen LogP contribution in [0, 0.1) is 0 Å². The van der Waals surface area contributed by atoms with E-state index in [9.17, 15) is 0 Å². The Hall–Kier alpha value is -0.700. The van der Waals surface area contributed by atoms with Gasteiger partial charge in [0.2, 0.25) is 0 Å². The third-order valence-electron chi connectivity index (χ3n) is 3.19. The van der Waals surface area contributed by atoms with Crippen LogP contribution in [0.15, 0.2) is 6.20 Å². The smallest absolute Gasteiger partial charge is 0.176 e. The Bertz CT molecular complexity index is 353. The first-order valence-corrected chi connectivity index (χ1v) is 6.12. The standard InChI is InChI=1S/C11H15ClN2O/c12-11-10(15-9-3-1-2-4-9)7-13-14(11)8-5-6-8/h7-9H,1-6H2. The first-order valence-electron chi connectivity index (χ1n) is 5.74. The van der Waals surface area contributed by atoms with Crippen LogP contribution < -0.4 is 4.74 Å². The van der Waals surface area contributed by atoms with Crippen LogP contribution in [0.2, 0.25) is 5.15 Å². The number of nitrogens with zero attached hydrogens (tertiary/aromatic N) is 2. The third kappa shape index (κ3) is 1.85. The van der Waals surface area contributed by atoms with Gasteiger partial charge in [-0.25, -0.2) is 4.68 Å². The van der Waals surface area contributed by atoms with Crippen LogP contribution in [0.5, 0.6) is 5.75 Å². The van der Waals surface area contributed by atoms with E-state index in [1.165, 1.54) is 25.7 Å². The van der Waals surface area contributed by atoms with Gasteiger partial charge in [-0.15, -0.1) is 0 Å². The minimum atomic E-state index is 0.361. The third-order valence-corrected chi connectivity index (χ3v) is 3.55. The summed E-state index contributed by atoms with van der Waals surface area (Å²) in [6, 6.07) is 0.526.